The van der Waals surface area contributed by atoms with E-state index in [0.717, 1.165) is 5.01 Å². The standard InChI is InChI=1S/C18H19F3N2O2/c1-2-11-25-14-8-7-12-5-3-4-6-13(12)16(14)17(18(19,20)21)23-10-9-15(24)22-23/h3-8,17H,2,9-11H2,1H3,(H,22,24). The van der Waals surface area contributed by atoms with Crippen LogP contribution in [0.3, 0.4) is 0 Å². The fraction of sp³-hybridized carbons (Fsp3) is 0.389. The van der Waals surface area contributed by atoms with E-state index in [4.69, 9.17) is 4.74 Å². The lowest BCUT2D eigenvalue weighted by atomic mass is 9.96. The fourth-order valence-corrected chi connectivity index (χ4v) is 3.08. The molecule has 25 heavy (non-hydrogen) atoms. The predicted molar refractivity (Wildman–Crippen MR) is 88.0 cm³/mol. The first-order valence-corrected chi connectivity index (χ1v) is 8.19. The Morgan fingerprint density at radius 1 is 1.24 bits per heavy atom. The van der Waals surface area contributed by atoms with Gasteiger partial charge in [0.1, 0.15) is 5.75 Å². The van der Waals surface area contributed by atoms with Crippen molar-refractivity contribution in [3.8, 4) is 5.75 Å². The van der Waals surface area contributed by atoms with E-state index in [1.54, 1.807) is 36.4 Å². The van der Waals surface area contributed by atoms with E-state index in [1.165, 1.54) is 0 Å². The Hall–Kier alpha value is -2.28. The highest BCUT2D eigenvalue weighted by Gasteiger charge is 2.48. The Balaban J connectivity index is 2.18. The molecule has 1 fully saturated rings. The van der Waals surface area contributed by atoms with E-state index in [-0.39, 0.29) is 24.3 Å². The molecule has 0 radical (unpaired) electrons. The lowest BCUT2D eigenvalue weighted by Gasteiger charge is -2.31. The molecule has 1 atom stereocenters. The van der Waals surface area contributed by atoms with Crippen LogP contribution < -0.4 is 10.2 Å². The number of hydrogen-bond acceptors (Lipinski definition) is 3. The molecule has 3 rings (SSSR count). The van der Waals surface area contributed by atoms with E-state index >= 15 is 0 Å². The van der Waals surface area contributed by atoms with Gasteiger partial charge in [-0.1, -0.05) is 37.3 Å². The summed E-state index contributed by atoms with van der Waals surface area (Å²) in [6.07, 6.45) is -3.84. The summed E-state index contributed by atoms with van der Waals surface area (Å²) in [5.74, 6) is -0.213. The molecule has 0 aliphatic carbocycles. The summed E-state index contributed by atoms with van der Waals surface area (Å²) in [6.45, 7) is 2.21. The minimum Gasteiger partial charge on any atom is -0.493 e. The molecule has 1 amide bonds. The summed E-state index contributed by atoms with van der Waals surface area (Å²) in [5.41, 5.74) is 2.37. The fourth-order valence-electron chi connectivity index (χ4n) is 3.08. The van der Waals surface area contributed by atoms with Gasteiger partial charge in [-0.15, -0.1) is 0 Å². The van der Waals surface area contributed by atoms with Crippen molar-refractivity contribution < 1.29 is 22.7 Å². The molecule has 1 aliphatic rings. The molecule has 7 heteroatoms. The quantitative estimate of drug-likeness (QED) is 0.885. The number of hydrogen-bond donors (Lipinski definition) is 1. The first-order chi connectivity index (χ1) is 11.9. The number of amides is 1. The highest BCUT2D eigenvalue weighted by Crippen LogP contribution is 2.44. The molecule has 134 valence electrons. The largest absolute Gasteiger partial charge is 0.493 e. The molecule has 1 aliphatic heterocycles. The number of nitrogens with zero attached hydrogens (tertiary/aromatic N) is 1. The van der Waals surface area contributed by atoms with E-state index in [0.29, 0.717) is 23.8 Å². The van der Waals surface area contributed by atoms with Crippen LogP contribution in [0.2, 0.25) is 0 Å². The first kappa shape index (κ1) is 17.5. The van der Waals surface area contributed by atoms with Crippen LogP contribution in [0.15, 0.2) is 36.4 Å². The van der Waals surface area contributed by atoms with Crippen LogP contribution >= 0.6 is 0 Å². The van der Waals surface area contributed by atoms with Gasteiger partial charge in [0.25, 0.3) is 0 Å². The van der Waals surface area contributed by atoms with Gasteiger partial charge in [-0.3, -0.25) is 10.2 Å². The maximum atomic E-state index is 14.0. The molecular formula is C18H19F3N2O2. The van der Waals surface area contributed by atoms with Crippen LogP contribution in [0, 0.1) is 0 Å². The van der Waals surface area contributed by atoms with Gasteiger partial charge in [0.15, 0.2) is 6.04 Å². The van der Waals surface area contributed by atoms with Crippen molar-refractivity contribution in [2.24, 2.45) is 0 Å². The molecule has 1 N–H and O–H groups in total. The van der Waals surface area contributed by atoms with E-state index < -0.39 is 18.1 Å². The van der Waals surface area contributed by atoms with Gasteiger partial charge in [-0.05, 0) is 23.3 Å². The van der Waals surface area contributed by atoms with Crippen LogP contribution in [-0.4, -0.2) is 30.2 Å². The zero-order chi connectivity index (χ0) is 18.0. The van der Waals surface area contributed by atoms with Crippen LogP contribution in [-0.2, 0) is 4.79 Å². The number of ether oxygens (including phenoxy) is 1. The minimum atomic E-state index is -4.56. The number of alkyl halides is 3. The Bertz CT molecular complexity index is 776. The maximum absolute atomic E-state index is 14.0. The summed E-state index contributed by atoms with van der Waals surface area (Å²) < 4.78 is 47.5. The van der Waals surface area contributed by atoms with Crippen molar-refractivity contribution in [1.82, 2.24) is 10.4 Å². The number of benzene rings is 2. The van der Waals surface area contributed by atoms with Crippen LogP contribution in [0.5, 0.6) is 5.75 Å². The highest BCUT2D eigenvalue weighted by atomic mass is 19.4. The van der Waals surface area contributed by atoms with Gasteiger partial charge in [-0.25, -0.2) is 5.01 Å². The number of hydrazine groups is 1. The van der Waals surface area contributed by atoms with E-state index in [9.17, 15) is 18.0 Å². The molecule has 2 aromatic carbocycles. The molecule has 4 nitrogen and oxygen atoms in total. The minimum absolute atomic E-state index is 0.000547. The van der Waals surface area contributed by atoms with Gasteiger partial charge in [0.05, 0.1) is 6.61 Å². The molecule has 0 saturated carbocycles. The van der Waals surface area contributed by atoms with Crippen molar-refractivity contribution in [2.75, 3.05) is 13.2 Å². The number of carbonyl (C=O) groups excluding carboxylic acids is 1. The monoisotopic (exact) mass is 352 g/mol. The zero-order valence-corrected chi connectivity index (χ0v) is 13.8. The average Bonchev–Trinajstić information content (AvgIpc) is 2.98. The Labute approximate surface area is 143 Å². The van der Waals surface area contributed by atoms with Crippen molar-refractivity contribution in [3.05, 3.63) is 42.0 Å². The van der Waals surface area contributed by atoms with Gasteiger partial charge in [0.2, 0.25) is 5.91 Å². The van der Waals surface area contributed by atoms with E-state index in [1.807, 2.05) is 6.92 Å². The molecule has 1 unspecified atom stereocenters. The summed E-state index contributed by atoms with van der Waals surface area (Å²) in [7, 11) is 0. The smallest absolute Gasteiger partial charge is 0.410 e. The van der Waals surface area contributed by atoms with Crippen LogP contribution in [0.1, 0.15) is 31.4 Å². The van der Waals surface area contributed by atoms with E-state index in [2.05, 4.69) is 5.43 Å². The second-order valence-corrected chi connectivity index (χ2v) is 5.97. The Morgan fingerprint density at radius 3 is 2.64 bits per heavy atom. The van der Waals surface area contributed by atoms with Crippen molar-refractivity contribution >= 4 is 16.7 Å². The average molecular weight is 352 g/mol. The second-order valence-electron chi connectivity index (χ2n) is 5.97. The molecule has 1 saturated heterocycles. The topological polar surface area (TPSA) is 41.6 Å². The summed E-state index contributed by atoms with van der Waals surface area (Å²) in [5, 5.41) is 2.13. The third-order valence-corrected chi connectivity index (χ3v) is 4.14. The molecule has 2 aromatic rings. The molecular weight excluding hydrogens is 333 g/mol. The third kappa shape index (κ3) is 3.56. The zero-order valence-electron chi connectivity index (χ0n) is 13.8. The SMILES string of the molecule is CCCOc1ccc2ccccc2c1C(N1CCC(=O)N1)C(F)(F)F. The maximum Gasteiger partial charge on any atom is 0.410 e. The van der Waals surface area contributed by atoms with Gasteiger partial charge in [0, 0.05) is 18.5 Å². The van der Waals surface area contributed by atoms with Gasteiger partial charge < -0.3 is 4.74 Å². The number of fused-ring (bicyclic) bond motifs is 1. The first-order valence-electron chi connectivity index (χ1n) is 8.19. The highest BCUT2D eigenvalue weighted by molar-refractivity contribution is 5.88. The van der Waals surface area contributed by atoms with Gasteiger partial charge >= 0.3 is 6.18 Å². The number of nitrogens with one attached hydrogen (secondary N) is 1. The number of carbonyl (C=O) groups is 1. The summed E-state index contributed by atoms with van der Waals surface area (Å²) in [6, 6.07) is 8.25. The number of rotatable bonds is 5. The lowest BCUT2D eigenvalue weighted by molar-refractivity contribution is -0.191. The normalized spacial score (nSPS) is 16.9. The van der Waals surface area contributed by atoms with Crippen molar-refractivity contribution in [2.45, 2.75) is 32.0 Å². The van der Waals surface area contributed by atoms with Crippen LogP contribution in [0.25, 0.3) is 10.8 Å². The molecule has 0 spiro atoms. The summed E-state index contributed by atoms with van der Waals surface area (Å²) >= 11 is 0. The van der Waals surface area contributed by atoms with Gasteiger partial charge in [-0.2, -0.15) is 13.2 Å². The molecule has 0 bridgehead atoms. The predicted octanol–water partition coefficient (Wildman–Crippen LogP) is 3.97. The number of halogens is 3. The Morgan fingerprint density at radius 2 is 2.00 bits per heavy atom. The van der Waals surface area contributed by atoms with Crippen molar-refractivity contribution in [1.29, 1.82) is 0 Å². The Kier molecular flexibility index (Phi) is 4.85. The van der Waals surface area contributed by atoms with Crippen LogP contribution in [0.4, 0.5) is 13.2 Å². The second kappa shape index (κ2) is 6.92. The molecule has 0 aromatic heterocycles. The van der Waals surface area contributed by atoms with Crippen molar-refractivity contribution in [3.63, 3.8) is 0 Å². The summed E-state index contributed by atoms with van der Waals surface area (Å²) in [4.78, 5) is 11.5. The molecule has 1 heterocycles. The third-order valence-electron chi connectivity index (χ3n) is 4.14. The lowest BCUT2D eigenvalue weighted by Crippen LogP contribution is -2.43.